The molecule has 0 N–H and O–H groups in total. The Hall–Kier alpha value is -0.630. The van der Waals surface area contributed by atoms with Gasteiger partial charge >= 0.3 is 0 Å². The molecular formula is C13H23NO3. The van der Waals surface area contributed by atoms with E-state index in [0.717, 1.165) is 52.1 Å². The lowest BCUT2D eigenvalue weighted by Crippen LogP contribution is -2.14. The van der Waals surface area contributed by atoms with Crippen molar-refractivity contribution in [2.45, 2.75) is 44.6 Å². The number of hydrogen-bond donors (Lipinski definition) is 0. The van der Waals surface area contributed by atoms with Crippen molar-refractivity contribution in [3.63, 3.8) is 0 Å². The Morgan fingerprint density at radius 3 is 2.65 bits per heavy atom. The summed E-state index contributed by atoms with van der Waals surface area (Å²) in [4.78, 5) is 0. The van der Waals surface area contributed by atoms with E-state index in [9.17, 15) is 0 Å². The lowest BCUT2D eigenvalue weighted by molar-refractivity contribution is 0.0156. The highest BCUT2D eigenvalue weighted by atomic mass is 16.5. The average Bonchev–Trinajstić information content (AvgIpc) is 2.85. The van der Waals surface area contributed by atoms with Crippen LogP contribution in [0.2, 0.25) is 0 Å². The molecule has 0 aromatic heterocycles. The average molecular weight is 241 g/mol. The molecular weight excluding hydrogens is 218 g/mol. The first-order chi connectivity index (χ1) is 8.43. The predicted molar refractivity (Wildman–Crippen MR) is 64.7 cm³/mol. The number of unbranched alkanes of at least 4 members (excludes halogenated alkanes) is 2. The Labute approximate surface area is 104 Å². The summed E-state index contributed by atoms with van der Waals surface area (Å²) in [5.74, 6) is 0. The van der Waals surface area contributed by atoms with Crippen LogP contribution in [0.5, 0.6) is 0 Å². The van der Waals surface area contributed by atoms with Crippen LogP contribution in [0.1, 0.15) is 38.5 Å². The van der Waals surface area contributed by atoms with Gasteiger partial charge in [-0.3, -0.25) is 0 Å². The largest absolute Gasteiger partial charge is 0.380 e. The molecule has 0 aromatic carbocycles. The monoisotopic (exact) mass is 241 g/mol. The maximum absolute atomic E-state index is 8.30. The molecule has 1 aliphatic rings. The van der Waals surface area contributed by atoms with Crippen molar-refractivity contribution in [2.24, 2.45) is 0 Å². The minimum atomic E-state index is 0.337. The number of rotatable bonds is 10. The van der Waals surface area contributed by atoms with Gasteiger partial charge in [0.25, 0.3) is 0 Å². The number of nitriles is 1. The molecule has 0 aliphatic carbocycles. The van der Waals surface area contributed by atoms with E-state index >= 15 is 0 Å². The highest BCUT2D eigenvalue weighted by molar-refractivity contribution is 4.67. The van der Waals surface area contributed by atoms with E-state index in [0.29, 0.717) is 19.1 Å². The van der Waals surface area contributed by atoms with Gasteiger partial charge in [-0.2, -0.15) is 5.26 Å². The van der Waals surface area contributed by atoms with Gasteiger partial charge in [-0.1, -0.05) is 0 Å². The summed E-state index contributed by atoms with van der Waals surface area (Å²) >= 11 is 0. The van der Waals surface area contributed by atoms with Crippen LogP contribution in [-0.4, -0.2) is 39.1 Å². The SMILES string of the molecule is N#CCCOCCCCCOCC1CCCO1. The Morgan fingerprint density at radius 1 is 1.12 bits per heavy atom. The van der Waals surface area contributed by atoms with Crippen LogP contribution in [0.15, 0.2) is 0 Å². The first-order valence-corrected chi connectivity index (χ1v) is 6.57. The van der Waals surface area contributed by atoms with Crippen molar-refractivity contribution in [1.82, 2.24) is 0 Å². The molecule has 1 atom stereocenters. The van der Waals surface area contributed by atoms with Crippen molar-refractivity contribution in [1.29, 1.82) is 5.26 Å². The van der Waals surface area contributed by atoms with Crippen molar-refractivity contribution < 1.29 is 14.2 Å². The number of hydrogen-bond acceptors (Lipinski definition) is 4. The Balaban J connectivity index is 1.71. The molecule has 1 aliphatic heterocycles. The van der Waals surface area contributed by atoms with Crippen LogP contribution in [0.25, 0.3) is 0 Å². The summed E-state index contributed by atoms with van der Waals surface area (Å²) in [6, 6.07) is 2.06. The molecule has 0 amide bonds. The number of ether oxygens (including phenoxy) is 3. The number of nitrogens with zero attached hydrogens (tertiary/aromatic N) is 1. The van der Waals surface area contributed by atoms with Crippen molar-refractivity contribution in [3.8, 4) is 6.07 Å². The fraction of sp³-hybridized carbons (Fsp3) is 0.923. The quantitative estimate of drug-likeness (QED) is 0.551. The molecule has 0 aromatic rings. The van der Waals surface area contributed by atoms with E-state index in [1.165, 1.54) is 6.42 Å². The molecule has 1 heterocycles. The van der Waals surface area contributed by atoms with Crippen LogP contribution in [-0.2, 0) is 14.2 Å². The second-order valence-electron chi connectivity index (χ2n) is 4.29. The summed E-state index contributed by atoms with van der Waals surface area (Å²) < 4.78 is 16.3. The maximum atomic E-state index is 8.30. The zero-order valence-electron chi connectivity index (χ0n) is 10.5. The first-order valence-electron chi connectivity index (χ1n) is 6.57. The molecule has 0 radical (unpaired) electrons. The van der Waals surface area contributed by atoms with E-state index < -0.39 is 0 Å². The third kappa shape index (κ3) is 8.14. The van der Waals surface area contributed by atoms with Gasteiger partial charge in [0.1, 0.15) is 0 Å². The zero-order valence-corrected chi connectivity index (χ0v) is 10.5. The van der Waals surface area contributed by atoms with Crippen LogP contribution >= 0.6 is 0 Å². The molecule has 0 saturated carbocycles. The van der Waals surface area contributed by atoms with E-state index in [-0.39, 0.29) is 0 Å². The van der Waals surface area contributed by atoms with Gasteiger partial charge < -0.3 is 14.2 Å². The molecule has 0 spiro atoms. The molecule has 1 fully saturated rings. The summed E-state index contributed by atoms with van der Waals surface area (Å²) in [5, 5.41) is 8.30. The molecule has 98 valence electrons. The fourth-order valence-corrected chi connectivity index (χ4v) is 1.80. The zero-order chi connectivity index (χ0) is 12.2. The minimum Gasteiger partial charge on any atom is -0.380 e. The first kappa shape index (κ1) is 14.4. The second-order valence-corrected chi connectivity index (χ2v) is 4.29. The summed E-state index contributed by atoms with van der Waals surface area (Å²) in [6.07, 6.45) is 6.40. The van der Waals surface area contributed by atoms with Crippen molar-refractivity contribution in [2.75, 3.05) is 33.0 Å². The molecule has 1 rings (SSSR count). The third-order valence-electron chi connectivity index (χ3n) is 2.76. The molecule has 4 nitrogen and oxygen atoms in total. The van der Waals surface area contributed by atoms with E-state index in [1.807, 2.05) is 0 Å². The molecule has 0 bridgehead atoms. The standard InChI is InChI=1S/C13H23NO3/c14-7-5-10-15-8-2-1-3-9-16-12-13-6-4-11-17-13/h13H,1-6,8-12H2. The van der Waals surface area contributed by atoms with E-state index in [2.05, 4.69) is 6.07 Å². The van der Waals surface area contributed by atoms with E-state index in [1.54, 1.807) is 0 Å². The smallest absolute Gasteiger partial charge is 0.0809 e. The maximum Gasteiger partial charge on any atom is 0.0809 e. The van der Waals surface area contributed by atoms with E-state index in [4.69, 9.17) is 19.5 Å². The molecule has 1 unspecified atom stereocenters. The topological polar surface area (TPSA) is 51.5 Å². The van der Waals surface area contributed by atoms with Gasteiger partial charge in [0.15, 0.2) is 0 Å². The third-order valence-corrected chi connectivity index (χ3v) is 2.76. The van der Waals surface area contributed by atoms with Crippen LogP contribution in [0, 0.1) is 11.3 Å². The van der Waals surface area contributed by atoms with Crippen molar-refractivity contribution in [3.05, 3.63) is 0 Å². The van der Waals surface area contributed by atoms with Gasteiger partial charge in [-0.25, -0.2) is 0 Å². The van der Waals surface area contributed by atoms with Crippen molar-refractivity contribution >= 4 is 0 Å². The summed E-state index contributed by atoms with van der Waals surface area (Å²) in [5.41, 5.74) is 0. The van der Waals surface area contributed by atoms with Gasteiger partial charge in [-0.05, 0) is 32.1 Å². The van der Waals surface area contributed by atoms with Gasteiger partial charge in [0, 0.05) is 19.8 Å². The Morgan fingerprint density at radius 2 is 1.94 bits per heavy atom. The highest BCUT2D eigenvalue weighted by Gasteiger charge is 2.14. The van der Waals surface area contributed by atoms with Gasteiger partial charge in [0.2, 0.25) is 0 Å². The van der Waals surface area contributed by atoms with Crippen LogP contribution in [0.4, 0.5) is 0 Å². The lowest BCUT2D eigenvalue weighted by atomic mass is 10.2. The summed E-state index contributed by atoms with van der Waals surface area (Å²) in [6.45, 7) is 3.78. The Kier molecular flexibility index (Phi) is 8.93. The Bertz CT molecular complexity index is 209. The molecule has 1 saturated heterocycles. The minimum absolute atomic E-state index is 0.337. The van der Waals surface area contributed by atoms with Gasteiger partial charge in [-0.15, -0.1) is 0 Å². The fourth-order valence-electron chi connectivity index (χ4n) is 1.80. The molecule has 4 heteroatoms. The highest BCUT2D eigenvalue weighted by Crippen LogP contribution is 2.12. The predicted octanol–water partition coefficient (Wildman–Crippen LogP) is 2.28. The molecule has 17 heavy (non-hydrogen) atoms. The second kappa shape index (κ2) is 10.5. The lowest BCUT2D eigenvalue weighted by Gasteiger charge is -2.09. The van der Waals surface area contributed by atoms with Crippen LogP contribution < -0.4 is 0 Å². The van der Waals surface area contributed by atoms with Gasteiger partial charge in [0.05, 0.1) is 31.8 Å². The van der Waals surface area contributed by atoms with Crippen LogP contribution in [0.3, 0.4) is 0 Å². The summed E-state index contributed by atoms with van der Waals surface area (Å²) in [7, 11) is 0. The normalized spacial score (nSPS) is 19.4.